The number of phosphoric ester groups is 1. The van der Waals surface area contributed by atoms with Crippen LogP contribution in [-0.4, -0.2) is 91.7 Å². The van der Waals surface area contributed by atoms with Gasteiger partial charge in [0.05, 0.1) is 19.8 Å². The lowest BCUT2D eigenvalue weighted by atomic mass is 10.0. The van der Waals surface area contributed by atoms with Crippen LogP contribution in [0.3, 0.4) is 0 Å². The van der Waals surface area contributed by atoms with Crippen molar-refractivity contribution in [3.63, 3.8) is 0 Å². The van der Waals surface area contributed by atoms with Gasteiger partial charge in [-0.2, -0.15) is 119 Å². The summed E-state index contributed by atoms with van der Waals surface area (Å²) >= 11 is 0. The lowest BCUT2D eigenvalue weighted by Crippen LogP contribution is -2.61. The van der Waals surface area contributed by atoms with Gasteiger partial charge in [0.25, 0.3) is 0 Å². The largest absolute Gasteiger partial charge is 0.474 e. The summed E-state index contributed by atoms with van der Waals surface area (Å²) in [5, 5.41) is 0. The van der Waals surface area contributed by atoms with Gasteiger partial charge in [-0.3, -0.25) is 13.6 Å². The van der Waals surface area contributed by atoms with Gasteiger partial charge in [0.1, 0.15) is 0 Å². The smallest absolute Gasteiger partial charge is 0.287 e. The Bertz CT molecular complexity index is 1040. The van der Waals surface area contributed by atoms with Gasteiger partial charge in [0, 0.05) is 19.3 Å². The average molecular weight is 836 g/mol. The van der Waals surface area contributed by atoms with E-state index in [2.05, 4.69) is 13.6 Å². The number of phosphoric acid groups is 1. The Morgan fingerprint density at radius 3 is 0.600 bits per heavy atom. The molecule has 0 heterocycles. The summed E-state index contributed by atoms with van der Waals surface area (Å²) in [4.78, 5) is 0. The van der Waals surface area contributed by atoms with E-state index < -0.39 is 119 Å². The molecule has 32 heteroatoms. The second-order valence-corrected chi connectivity index (χ2v) is 10.9. The first-order chi connectivity index (χ1) is 21.4. The van der Waals surface area contributed by atoms with E-state index >= 15 is 0 Å². The van der Waals surface area contributed by atoms with E-state index in [1.165, 1.54) is 0 Å². The highest BCUT2D eigenvalue weighted by molar-refractivity contribution is 7.48. The van der Waals surface area contributed by atoms with Gasteiger partial charge in [0.2, 0.25) is 0 Å². The van der Waals surface area contributed by atoms with E-state index in [0.29, 0.717) is 0 Å². The predicted octanol–water partition coefficient (Wildman–Crippen LogP) is 10.7. The van der Waals surface area contributed by atoms with Crippen molar-refractivity contribution in [2.75, 3.05) is 19.8 Å². The molecule has 50 heavy (non-hydrogen) atoms. The molecule has 0 rings (SSSR count). The molecule has 302 valence electrons. The maximum atomic E-state index is 13.6. The number of halogens is 27. The molecule has 0 aromatic rings. The van der Waals surface area contributed by atoms with Gasteiger partial charge in [-0.1, -0.05) is 0 Å². The van der Waals surface area contributed by atoms with Crippen LogP contribution >= 0.6 is 7.82 Å². The predicted molar refractivity (Wildman–Crippen MR) is 102 cm³/mol. The van der Waals surface area contributed by atoms with Crippen LogP contribution in [-0.2, 0) is 18.1 Å². The second kappa shape index (κ2) is 13.9. The Balaban J connectivity index is 6.35. The summed E-state index contributed by atoms with van der Waals surface area (Å²) in [5.41, 5.74) is 0. The van der Waals surface area contributed by atoms with Gasteiger partial charge in [-0.05, 0) is 0 Å². The third-order valence-electron chi connectivity index (χ3n) is 5.63. The van der Waals surface area contributed by atoms with Crippen molar-refractivity contribution >= 4 is 7.82 Å². The first-order valence-corrected chi connectivity index (χ1v) is 13.0. The van der Waals surface area contributed by atoms with Gasteiger partial charge in [-0.15, -0.1) is 0 Å². The fourth-order valence-corrected chi connectivity index (χ4v) is 3.83. The normalized spacial score (nSPS) is 16.3. The Morgan fingerprint density at radius 1 is 0.300 bits per heavy atom. The summed E-state index contributed by atoms with van der Waals surface area (Å²) < 4.78 is 371. The molecule has 0 saturated heterocycles. The third kappa shape index (κ3) is 8.87. The lowest BCUT2D eigenvalue weighted by molar-refractivity contribution is -0.397. The summed E-state index contributed by atoms with van der Waals surface area (Å²) in [6.45, 7) is -8.48. The van der Waals surface area contributed by atoms with E-state index in [0.717, 1.165) is 0 Å². The highest BCUT2D eigenvalue weighted by Gasteiger charge is 2.83. The molecule has 0 amide bonds. The van der Waals surface area contributed by atoms with Crippen molar-refractivity contribution in [3.8, 4) is 0 Å². The Morgan fingerprint density at radius 2 is 0.460 bits per heavy atom. The van der Waals surface area contributed by atoms with E-state index in [-0.39, 0.29) is 0 Å². The molecule has 0 aliphatic heterocycles. The van der Waals surface area contributed by atoms with E-state index in [9.17, 15) is 123 Å². The summed E-state index contributed by atoms with van der Waals surface area (Å²) in [6, 6.07) is 0. The number of alkyl halides is 27. The first kappa shape index (κ1) is 48.2. The molecule has 0 N–H and O–H groups in total. The van der Waals surface area contributed by atoms with Crippen LogP contribution in [0.25, 0.3) is 0 Å². The van der Waals surface area contributed by atoms with Crippen LogP contribution in [0.4, 0.5) is 119 Å². The topological polar surface area (TPSA) is 44.8 Å². The molecule has 0 aromatic heterocycles. The average Bonchev–Trinajstić information content (AvgIpc) is 2.85. The van der Waals surface area contributed by atoms with Crippen molar-refractivity contribution in [1.82, 2.24) is 0 Å². The molecule has 0 aliphatic rings. The van der Waals surface area contributed by atoms with Gasteiger partial charge < -0.3 is 0 Å². The molecule has 0 aromatic carbocycles. The minimum absolute atomic E-state index is 2.83. The summed E-state index contributed by atoms with van der Waals surface area (Å²) in [5.74, 6) is -65.6. The fourth-order valence-electron chi connectivity index (χ4n) is 2.66. The maximum Gasteiger partial charge on any atom is 0.474 e. The van der Waals surface area contributed by atoms with Crippen LogP contribution in [0.5, 0.6) is 0 Å². The van der Waals surface area contributed by atoms with Crippen LogP contribution in [0.2, 0.25) is 0 Å². The van der Waals surface area contributed by atoms with Crippen molar-refractivity contribution in [2.24, 2.45) is 0 Å². The molecule has 0 spiro atoms. The zero-order valence-electron chi connectivity index (χ0n) is 22.5. The summed E-state index contributed by atoms with van der Waals surface area (Å²) in [7, 11) is -6.82. The van der Waals surface area contributed by atoms with E-state index in [1.807, 2.05) is 0 Å². The molecule has 4 nitrogen and oxygen atoms in total. The molecule has 0 saturated carbocycles. The van der Waals surface area contributed by atoms with Crippen molar-refractivity contribution in [2.45, 2.75) is 91.1 Å². The molecule has 0 fully saturated rings. The molecule has 0 atom stereocenters. The van der Waals surface area contributed by atoms with Crippen LogP contribution < -0.4 is 0 Å². The first-order valence-electron chi connectivity index (χ1n) is 11.5. The van der Waals surface area contributed by atoms with E-state index in [1.54, 1.807) is 0 Å². The number of hydrogen-bond donors (Lipinski definition) is 0. The zero-order chi connectivity index (χ0) is 40.9. The monoisotopic (exact) mass is 836 g/mol. The SMILES string of the molecule is O=P(OCCC(F)(F)C(F)(F)C(F)(F)C(F)(F)F)(OCCC(F)(F)C(F)(F)C(F)(F)C(F)(F)F)OCCC(F)(F)C(F)(F)C(F)(F)C(F)(F)F. The van der Waals surface area contributed by atoms with Crippen molar-refractivity contribution in [1.29, 1.82) is 0 Å². The number of rotatable bonds is 18. The standard InChI is InChI=1S/C18H12F27O4P/c19-7(20,10(25,26)13(31,32)16(37,38)39)1-4-47-50(46,48-5-2-8(21,22)11(27,28)14(33,34)17(40,41)42)49-6-3-9(23,24)12(29,30)15(35,36)18(43,44)45/h1-6H2. The molecule has 0 radical (unpaired) electrons. The number of hydrogen-bond acceptors (Lipinski definition) is 4. The maximum absolute atomic E-state index is 13.6. The van der Waals surface area contributed by atoms with Gasteiger partial charge in [0.15, 0.2) is 0 Å². The lowest BCUT2D eigenvalue weighted by Gasteiger charge is -2.34. The van der Waals surface area contributed by atoms with Crippen LogP contribution in [0.15, 0.2) is 0 Å². The van der Waals surface area contributed by atoms with Crippen LogP contribution in [0.1, 0.15) is 19.3 Å². The summed E-state index contributed by atoms with van der Waals surface area (Å²) in [6.07, 6.45) is -32.3. The Hall–Kier alpha value is -1.78. The van der Waals surface area contributed by atoms with Gasteiger partial charge >= 0.3 is 79.7 Å². The highest BCUT2D eigenvalue weighted by Crippen LogP contribution is 2.58. The Labute approximate surface area is 256 Å². The minimum atomic E-state index is -7.63. The fraction of sp³-hybridized carbons (Fsp3) is 1.00. The molecule has 0 aliphatic carbocycles. The second-order valence-electron chi connectivity index (χ2n) is 9.25. The quantitative estimate of drug-likeness (QED) is 0.102. The van der Waals surface area contributed by atoms with Gasteiger partial charge in [-0.25, -0.2) is 4.57 Å². The molecular formula is C18H12F27O4P. The highest BCUT2D eigenvalue weighted by atomic mass is 31.2. The molecule has 0 bridgehead atoms. The third-order valence-corrected chi connectivity index (χ3v) is 7.12. The molecule has 0 unspecified atom stereocenters. The van der Waals surface area contributed by atoms with Crippen molar-refractivity contribution < 1.29 is 137 Å². The van der Waals surface area contributed by atoms with Crippen LogP contribution in [0, 0.1) is 0 Å². The minimum Gasteiger partial charge on any atom is -0.287 e. The van der Waals surface area contributed by atoms with Crippen molar-refractivity contribution in [3.05, 3.63) is 0 Å². The van der Waals surface area contributed by atoms with E-state index in [4.69, 9.17) is 0 Å². The zero-order valence-corrected chi connectivity index (χ0v) is 23.4. The Kier molecular flexibility index (Phi) is 13.4. The molecular weight excluding hydrogens is 824 g/mol.